The smallest absolute Gasteiger partial charge is 0.232 e. The van der Waals surface area contributed by atoms with Crippen LogP contribution in [0.4, 0.5) is 0 Å². The average molecular weight is 408 g/mol. The first-order chi connectivity index (χ1) is 14.2. The fourth-order valence-electron chi connectivity index (χ4n) is 3.51. The molecule has 5 nitrogen and oxygen atoms in total. The molecule has 150 valence electrons. The molecule has 1 fully saturated rings. The largest absolute Gasteiger partial charge is 0.342 e. The number of hydrogen-bond donors (Lipinski definition) is 0. The van der Waals surface area contributed by atoms with E-state index in [4.69, 9.17) is 4.52 Å². The van der Waals surface area contributed by atoms with Crippen LogP contribution >= 0.6 is 11.8 Å². The van der Waals surface area contributed by atoms with Crippen molar-refractivity contribution < 1.29 is 9.32 Å². The van der Waals surface area contributed by atoms with E-state index in [1.165, 1.54) is 11.1 Å². The molecule has 0 aliphatic carbocycles. The lowest BCUT2D eigenvalue weighted by atomic mass is 9.97. The average Bonchev–Trinajstić information content (AvgIpc) is 3.26. The zero-order valence-corrected chi connectivity index (χ0v) is 17.4. The quantitative estimate of drug-likeness (QED) is 0.594. The summed E-state index contributed by atoms with van der Waals surface area (Å²) in [6.45, 7) is 3.58. The number of nitrogens with zero attached hydrogens (tertiary/aromatic N) is 3. The van der Waals surface area contributed by atoms with Gasteiger partial charge in [0.1, 0.15) is 0 Å². The SMILES string of the molecule is Cc1ccc(CSCC(=O)N2CCC(c3nc(-c4ccccc4)no3)CC2)cc1. The van der Waals surface area contributed by atoms with Crippen molar-refractivity contribution in [2.45, 2.75) is 31.4 Å². The Morgan fingerprint density at radius 3 is 2.55 bits per heavy atom. The number of carbonyl (C=O) groups excluding carboxylic acids is 1. The highest BCUT2D eigenvalue weighted by Gasteiger charge is 2.27. The number of amides is 1. The maximum absolute atomic E-state index is 12.5. The summed E-state index contributed by atoms with van der Waals surface area (Å²) in [6, 6.07) is 18.3. The van der Waals surface area contributed by atoms with Crippen LogP contribution in [-0.4, -0.2) is 39.8 Å². The van der Waals surface area contributed by atoms with Crippen molar-refractivity contribution in [3.63, 3.8) is 0 Å². The van der Waals surface area contributed by atoms with E-state index < -0.39 is 0 Å². The Balaban J connectivity index is 1.24. The van der Waals surface area contributed by atoms with Crippen molar-refractivity contribution in [2.75, 3.05) is 18.8 Å². The predicted octanol–water partition coefficient (Wildman–Crippen LogP) is 4.68. The third-order valence-corrected chi connectivity index (χ3v) is 6.27. The van der Waals surface area contributed by atoms with Crippen molar-refractivity contribution >= 4 is 17.7 Å². The molecule has 1 aliphatic rings. The first-order valence-electron chi connectivity index (χ1n) is 9.99. The molecule has 1 aromatic heterocycles. The Hall–Kier alpha value is -2.60. The van der Waals surface area contributed by atoms with Crippen molar-refractivity contribution in [3.05, 3.63) is 71.6 Å². The molecular weight excluding hydrogens is 382 g/mol. The molecule has 0 saturated carbocycles. The second kappa shape index (κ2) is 9.27. The summed E-state index contributed by atoms with van der Waals surface area (Å²) in [5.41, 5.74) is 3.48. The van der Waals surface area contributed by atoms with Gasteiger partial charge in [0, 0.05) is 30.3 Å². The molecule has 2 heterocycles. The van der Waals surface area contributed by atoms with Crippen LogP contribution in [0.15, 0.2) is 59.1 Å². The first kappa shape index (κ1) is 19.7. The molecule has 3 aromatic rings. The van der Waals surface area contributed by atoms with Crippen LogP contribution in [0.1, 0.15) is 35.8 Å². The molecule has 29 heavy (non-hydrogen) atoms. The first-order valence-corrected chi connectivity index (χ1v) is 11.1. The van der Waals surface area contributed by atoms with Crippen molar-refractivity contribution in [3.8, 4) is 11.4 Å². The molecule has 0 atom stereocenters. The van der Waals surface area contributed by atoms with E-state index in [1.54, 1.807) is 11.8 Å². The molecule has 0 spiro atoms. The van der Waals surface area contributed by atoms with Crippen LogP contribution in [0.25, 0.3) is 11.4 Å². The monoisotopic (exact) mass is 407 g/mol. The molecule has 4 rings (SSSR count). The van der Waals surface area contributed by atoms with E-state index in [-0.39, 0.29) is 11.8 Å². The second-order valence-electron chi connectivity index (χ2n) is 7.46. The normalized spacial score (nSPS) is 14.9. The van der Waals surface area contributed by atoms with E-state index in [2.05, 4.69) is 41.3 Å². The third-order valence-electron chi connectivity index (χ3n) is 5.29. The standard InChI is InChI=1S/C23H25N3O2S/c1-17-7-9-18(10-8-17)15-29-16-21(27)26-13-11-20(12-14-26)23-24-22(25-28-23)19-5-3-2-4-6-19/h2-10,20H,11-16H2,1H3. The van der Waals surface area contributed by atoms with Crippen LogP contribution in [0.2, 0.25) is 0 Å². The Labute approximate surface area is 175 Å². The lowest BCUT2D eigenvalue weighted by Gasteiger charge is -2.30. The third kappa shape index (κ3) is 5.07. The van der Waals surface area contributed by atoms with Gasteiger partial charge in [-0.3, -0.25) is 4.79 Å². The van der Waals surface area contributed by atoms with Gasteiger partial charge in [-0.25, -0.2) is 0 Å². The van der Waals surface area contributed by atoms with Crippen molar-refractivity contribution in [1.82, 2.24) is 15.0 Å². The molecular formula is C23H25N3O2S. The summed E-state index contributed by atoms with van der Waals surface area (Å²) in [4.78, 5) is 19.1. The minimum Gasteiger partial charge on any atom is -0.342 e. The van der Waals surface area contributed by atoms with Gasteiger partial charge in [-0.1, -0.05) is 65.3 Å². The van der Waals surface area contributed by atoms with E-state index in [0.717, 1.165) is 37.2 Å². The van der Waals surface area contributed by atoms with Crippen molar-refractivity contribution in [2.24, 2.45) is 0 Å². The van der Waals surface area contributed by atoms with Crippen LogP contribution in [-0.2, 0) is 10.5 Å². The maximum atomic E-state index is 12.5. The lowest BCUT2D eigenvalue weighted by Crippen LogP contribution is -2.39. The highest BCUT2D eigenvalue weighted by molar-refractivity contribution is 7.99. The Kier molecular flexibility index (Phi) is 6.30. The van der Waals surface area contributed by atoms with E-state index in [1.807, 2.05) is 35.2 Å². The Bertz CT molecular complexity index is 932. The number of thioether (sulfide) groups is 1. The molecule has 0 unspecified atom stereocenters. The summed E-state index contributed by atoms with van der Waals surface area (Å²) in [6.07, 6.45) is 1.73. The number of aryl methyl sites for hydroxylation is 1. The minimum atomic E-state index is 0.219. The molecule has 6 heteroatoms. The molecule has 0 bridgehead atoms. The maximum Gasteiger partial charge on any atom is 0.232 e. The number of aromatic nitrogens is 2. The minimum absolute atomic E-state index is 0.219. The van der Waals surface area contributed by atoms with Gasteiger partial charge >= 0.3 is 0 Å². The van der Waals surface area contributed by atoms with Crippen LogP contribution in [0, 0.1) is 6.92 Å². The Morgan fingerprint density at radius 2 is 1.83 bits per heavy atom. The van der Waals surface area contributed by atoms with Crippen molar-refractivity contribution in [1.29, 1.82) is 0 Å². The zero-order valence-electron chi connectivity index (χ0n) is 16.6. The summed E-state index contributed by atoms with van der Waals surface area (Å²) in [5.74, 6) is 3.15. The van der Waals surface area contributed by atoms with Gasteiger partial charge in [0.25, 0.3) is 0 Å². The molecule has 1 amide bonds. The van der Waals surface area contributed by atoms with E-state index in [9.17, 15) is 4.79 Å². The number of piperidine rings is 1. The number of benzene rings is 2. The van der Waals surface area contributed by atoms with Gasteiger partial charge in [0.15, 0.2) is 0 Å². The van der Waals surface area contributed by atoms with Gasteiger partial charge < -0.3 is 9.42 Å². The van der Waals surface area contributed by atoms with Gasteiger partial charge in [0.05, 0.1) is 5.75 Å². The van der Waals surface area contributed by atoms with Gasteiger partial charge in [-0.2, -0.15) is 4.98 Å². The molecule has 1 aliphatic heterocycles. The highest BCUT2D eigenvalue weighted by atomic mass is 32.2. The topological polar surface area (TPSA) is 59.2 Å². The number of hydrogen-bond acceptors (Lipinski definition) is 5. The van der Waals surface area contributed by atoms with E-state index in [0.29, 0.717) is 17.5 Å². The molecule has 1 saturated heterocycles. The zero-order chi connectivity index (χ0) is 20.1. The van der Waals surface area contributed by atoms with Crippen LogP contribution in [0.5, 0.6) is 0 Å². The molecule has 2 aromatic carbocycles. The summed E-state index contributed by atoms with van der Waals surface area (Å²) in [7, 11) is 0. The fraction of sp³-hybridized carbons (Fsp3) is 0.348. The Morgan fingerprint density at radius 1 is 1.10 bits per heavy atom. The fourth-order valence-corrected chi connectivity index (χ4v) is 4.40. The second-order valence-corrected chi connectivity index (χ2v) is 8.44. The molecule has 0 radical (unpaired) electrons. The predicted molar refractivity (Wildman–Crippen MR) is 116 cm³/mol. The summed E-state index contributed by atoms with van der Waals surface area (Å²) < 4.78 is 5.51. The van der Waals surface area contributed by atoms with Gasteiger partial charge in [-0.15, -0.1) is 11.8 Å². The summed E-state index contributed by atoms with van der Waals surface area (Å²) >= 11 is 1.68. The van der Waals surface area contributed by atoms with Crippen LogP contribution in [0.3, 0.4) is 0 Å². The number of carbonyl (C=O) groups is 1. The van der Waals surface area contributed by atoms with Gasteiger partial charge in [-0.05, 0) is 25.3 Å². The summed E-state index contributed by atoms with van der Waals surface area (Å²) in [5, 5.41) is 4.12. The lowest BCUT2D eigenvalue weighted by molar-refractivity contribution is -0.129. The highest BCUT2D eigenvalue weighted by Crippen LogP contribution is 2.29. The number of likely N-dealkylation sites (tertiary alicyclic amines) is 1. The van der Waals surface area contributed by atoms with Gasteiger partial charge in [0.2, 0.25) is 17.6 Å². The van der Waals surface area contributed by atoms with E-state index >= 15 is 0 Å². The molecule has 0 N–H and O–H groups in total. The van der Waals surface area contributed by atoms with Crippen LogP contribution < -0.4 is 0 Å². The number of rotatable bonds is 6.